The average Bonchev–Trinajstić information content (AvgIpc) is 2.66. The molecule has 0 fully saturated rings. The Balaban J connectivity index is 2.20. The van der Waals surface area contributed by atoms with Crippen molar-refractivity contribution in [2.24, 2.45) is 0 Å². The second-order valence-electron chi connectivity index (χ2n) is 9.85. The number of hydrogen-bond donors (Lipinski definition) is 3. The largest absolute Gasteiger partial charge is 0.508 e. The molecule has 0 unspecified atom stereocenters. The van der Waals surface area contributed by atoms with Gasteiger partial charge in [0, 0.05) is 18.2 Å². The molecule has 30 heavy (non-hydrogen) atoms. The Morgan fingerprint density at radius 3 is 2.33 bits per heavy atom. The maximum absolute atomic E-state index is 9.98. The second-order valence-corrected chi connectivity index (χ2v) is 14.6. The number of rotatable bonds is 9. The van der Waals surface area contributed by atoms with Crippen LogP contribution in [0.1, 0.15) is 56.1 Å². The number of aromatic hydroxyl groups is 1. The Morgan fingerprint density at radius 1 is 1.07 bits per heavy atom. The first-order valence-electron chi connectivity index (χ1n) is 10.8. The Hall–Kier alpha value is -1.66. The highest BCUT2D eigenvalue weighted by molar-refractivity contribution is 6.74. The standard InChI is InChI=1S/C25H39NO3Si/c1-18-10-8-9-11-20(18)14-19(2)26-16-24(29-30(6,7)25(3,4)5)21-12-13-23(28)22(15-21)17-27/h8-13,15,19,24,26-28H,14,16-17H2,1-7H3/t19-,24+/m1/s1. The molecule has 0 aromatic heterocycles. The van der Waals surface area contributed by atoms with Crippen LogP contribution >= 0.6 is 0 Å². The lowest BCUT2D eigenvalue weighted by Gasteiger charge is -2.40. The van der Waals surface area contributed by atoms with Gasteiger partial charge in [-0.05, 0) is 67.2 Å². The van der Waals surface area contributed by atoms with E-state index in [0.29, 0.717) is 18.2 Å². The summed E-state index contributed by atoms with van der Waals surface area (Å²) in [5, 5.41) is 23.3. The molecule has 0 bridgehead atoms. The van der Waals surface area contributed by atoms with Crippen LogP contribution in [0.15, 0.2) is 42.5 Å². The fraction of sp³-hybridized carbons (Fsp3) is 0.520. The molecule has 0 saturated heterocycles. The third kappa shape index (κ3) is 6.42. The summed E-state index contributed by atoms with van der Waals surface area (Å²) in [4.78, 5) is 0. The lowest BCUT2D eigenvalue weighted by atomic mass is 10.0. The minimum Gasteiger partial charge on any atom is -0.508 e. The van der Waals surface area contributed by atoms with Crippen LogP contribution in [0.4, 0.5) is 0 Å². The predicted octanol–water partition coefficient (Wildman–Crippen LogP) is 5.48. The highest BCUT2D eigenvalue weighted by Gasteiger charge is 2.39. The Labute approximate surface area is 183 Å². The lowest BCUT2D eigenvalue weighted by molar-refractivity contribution is 0.176. The number of aryl methyl sites for hydroxylation is 1. The summed E-state index contributed by atoms with van der Waals surface area (Å²) in [5.74, 6) is 0.119. The lowest BCUT2D eigenvalue weighted by Crippen LogP contribution is -2.44. The van der Waals surface area contributed by atoms with Crippen LogP contribution in [0.3, 0.4) is 0 Å². The van der Waals surface area contributed by atoms with Gasteiger partial charge in [-0.1, -0.05) is 51.1 Å². The van der Waals surface area contributed by atoms with Gasteiger partial charge < -0.3 is 20.0 Å². The van der Waals surface area contributed by atoms with Crippen molar-refractivity contribution in [1.29, 1.82) is 0 Å². The van der Waals surface area contributed by atoms with Crippen molar-refractivity contribution in [2.75, 3.05) is 6.54 Å². The predicted molar refractivity (Wildman–Crippen MR) is 127 cm³/mol. The molecule has 0 heterocycles. The molecule has 166 valence electrons. The smallest absolute Gasteiger partial charge is 0.192 e. The van der Waals surface area contributed by atoms with Gasteiger partial charge in [0.05, 0.1) is 12.7 Å². The van der Waals surface area contributed by atoms with Crippen LogP contribution in [0, 0.1) is 6.92 Å². The molecule has 2 aromatic carbocycles. The van der Waals surface area contributed by atoms with E-state index < -0.39 is 8.32 Å². The van der Waals surface area contributed by atoms with Crippen LogP contribution in [-0.4, -0.2) is 31.1 Å². The molecule has 0 radical (unpaired) electrons. The number of phenols is 1. The van der Waals surface area contributed by atoms with E-state index in [0.717, 1.165) is 12.0 Å². The van der Waals surface area contributed by atoms with E-state index in [1.807, 2.05) is 12.1 Å². The summed E-state index contributed by atoms with van der Waals surface area (Å²) in [6.07, 6.45) is 0.813. The molecule has 0 amide bonds. The minimum absolute atomic E-state index is 0.0920. The molecule has 3 N–H and O–H groups in total. The highest BCUT2D eigenvalue weighted by atomic mass is 28.4. The molecule has 4 nitrogen and oxygen atoms in total. The Bertz CT molecular complexity index is 829. The number of nitrogens with one attached hydrogen (secondary N) is 1. The SMILES string of the molecule is Cc1ccccc1C[C@@H](C)NC[C@H](O[Si](C)(C)C(C)(C)C)c1ccc(O)c(CO)c1. The molecule has 5 heteroatoms. The molecular formula is C25H39NO3Si. The van der Waals surface area contributed by atoms with E-state index >= 15 is 0 Å². The summed E-state index contributed by atoms with van der Waals surface area (Å²) in [6.45, 7) is 16.1. The van der Waals surface area contributed by atoms with Crippen LogP contribution in [0.25, 0.3) is 0 Å². The van der Waals surface area contributed by atoms with Gasteiger partial charge in [0.15, 0.2) is 8.32 Å². The van der Waals surface area contributed by atoms with Crippen molar-refractivity contribution in [3.05, 3.63) is 64.7 Å². The molecule has 2 aromatic rings. The summed E-state index contributed by atoms with van der Waals surface area (Å²) >= 11 is 0. The zero-order valence-electron chi connectivity index (χ0n) is 19.6. The maximum Gasteiger partial charge on any atom is 0.192 e. The molecule has 0 aliphatic carbocycles. The van der Waals surface area contributed by atoms with Gasteiger partial charge in [-0.2, -0.15) is 0 Å². The monoisotopic (exact) mass is 429 g/mol. The van der Waals surface area contributed by atoms with Gasteiger partial charge in [0.25, 0.3) is 0 Å². The molecule has 0 saturated carbocycles. The molecular weight excluding hydrogens is 390 g/mol. The van der Waals surface area contributed by atoms with Gasteiger partial charge >= 0.3 is 0 Å². The molecule has 2 atom stereocenters. The highest BCUT2D eigenvalue weighted by Crippen LogP contribution is 2.40. The van der Waals surface area contributed by atoms with Crippen molar-refractivity contribution in [1.82, 2.24) is 5.32 Å². The first kappa shape index (κ1) is 24.6. The van der Waals surface area contributed by atoms with Crippen LogP contribution in [0.5, 0.6) is 5.75 Å². The normalized spacial score (nSPS) is 14.5. The van der Waals surface area contributed by atoms with Crippen LogP contribution < -0.4 is 5.32 Å². The zero-order valence-corrected chi connectivity index (χ0v) is 20.6. The molecule has 0 aliphatic heterocycles. The van der Waals surface area contributed by atoms with Gasteiger partial charge in [0.1, 0.15) is 5.75 Å². The Kier molecular flexibility index (Phi) is 8.28. The average molecular weight is 430 g/mol. The van der Waals surface area contributed by atoms with Crippen molar-refractivity contribution in [3.63, 3.8) is 0 Å². The summed E-state index contributed by atoms with van der Waals surface area (Å²) in [6, 6.07) is 14.2. The van der Waals surface area contributed by atoms with E-state index in [-0.39, 0.29) is 23.5 Å². The van der Waals surface area contributed by atoms with Crippen molar-refractivity contribution in [3.8, 4) is 5.75 Å². The quantitative estimate of drug-likeness (QED) is 0.462. The summed E-state index contributed by atoms with van der Waals surface area (Å²) < 4.78 is 6.77. The number of aliphatic hydroxyl groups excluding tert-OH is 1. The van der Waals surface area contributed by atoms with Gasteiger partial charge in [0.2, 0.25) is 0 Å². The van der Waals surface area contributed by atoms with E-state index in [1.54, 1.807) is 6.07 Å². The third-order valence-electron chi connectivity index (χ3n) is 6.33. The first-order valence-corrected chi connectivity index (χ1v) is 13.7. The maximum atomic E-state index is 9.98. The third-order valence-corrected chi connectivity index (χ3v) is 10.8. The van der Waals surface area contributed by atoms with Gasteiger partial charge in [-0.15, -0.1) is 0 Å². The molecule has 2 rings (SSSR count). The van der Waals surface area contributed by atoms with Crippen molar-refractivity contribution in [2.45, 2.75) is 77.9 Å². The van der Waals surface area contributed by atoms with E-state index in [2.05, 4.69) is 77.3 Å². The topological polar surface area (TPSA) is 61.7 Å². The first-order chi connectivity index (χ1) is 13.9. The molecule has 0 aliphatic rings. The van der Waals surface area contributed by atoms with E-state index in [1.165, 1.54) is 11.1 Å². The fourth-order valence-corrected chi connectivity index (χ4v) is 4.53. The van der Waals surface area contributed by atoms with E-state index in [4.69, 9.17) is 4.43 Å². The molecule has 0 spiro atoms. The van der Waals surface area contributed by atoms with Crippen molar-refractivity contribution < 1.29 is 14.6 Å². The second kappa shape index (κ2) is 10.1. The van der Waals surface area contributed by atoms with Gasteiger partial charge in [-0.3, -0.25) is 0 Å². The fourth-order valence-electron chi connectivity index (χ4n) is 3.24. The Morgan fingerprint density at radius 2 is 1.73 bits per heavy atom. The van der Waals surface area contributed by atoms with Gasteiger partial charge in [-0.25, -0.2) is 0 Å². The van der Waals surface area contributed by atoms with Crippen LogP contribution in [0.2, 0.25) is 18.1 Å². The number of benzene rings is 2. The zero-order chi connectivity index (χ0) is 22.5. The minimum atomic E-state index is -2.01. The summed E-state index contributed by atoms with van der Waals surface area (Å²) in [7, 11) is -2.01. The van der Waals surface area contributed by atoms with Crippen LogP contribution in [-0.2, 0) is 17.5 Å². The van der Waals surface area contributed by atoms with E-state index in [9.17, 15) is 10.2 Å². The van der Waals surface area contributed by atoms with Crippen molar-refractivity contribution >= 4 is 8.32 Å². The number of aliphatic hydroxyl groups is 1. The summed E-state index contributed by atoms with van der Waals surface area (Å²) in [5.41, 5.74) is 4.18. The number of hydrogen-bond acceptors (Lipinski definition) is 4.